The highest BCUT2D eigenvalue weighted by atomic mass is 16.5. The third-order valence-electron chi connectivity index (χ3n) is 3.25. The average molecular weight is 249 g/mol. The summed E-state index contributed by atoms with van der Waals surface area (Å²) in [6.07, 6.45) is 2.69. The zero-order chi connectivity index (χ0) is 13.4. The summed E-state index contributed by atoms with van der Waals surface area (Å²) < 4.78 is 5.96. The Morgan fingerprint density at radius 2 is 1.61 bits per heavy atom. The fourth-order valence-corrected chi connectivity index (χ4v) is 2.20. The van der Waals surface area contributed by atoms with Crippen molar-refractivity contribution in [1.29, 1.82) is 0 Å². The number of para-hydroxylation sites is 1. The van der Waals surface area contributed by atoms with E-state index in [4.69, 9.17) is 4.74 Å². The highest BCUT2D eigenvalue weighted by Gasteiger charge is 2.21. The van der Waals surface area contributed by atoms with Gasteiger partial charge in [0.2, 0.25) is 0 Å². The van der Waals surface area contributed by atoms with E-state index in [1.54, 1.807) is 0 Å². The van der Waals surface area contributed by atoms with Crippen LogP contribution in [0.15, 0.2) is 30.3 Å². The van der Waals surface area contributed by atoms with Crippen molar-refractivity contribution in [2.24, 2.45) is 0 Å². The normalized spacial score (nSPS) is 17.2. The molecule has 18 heavy (non-hydrogen) atoms. The third-order valence-corrected chi connectivity index (χ3v) is 3.25. The van der Waals surface area contributed by atoms with E-state index in [9.17, 15) is 0 Å². The van der Waals surface area contributed by atoms with Gasteiger partial charge in [0.05, 0.1) is 0 Å². The molecule has 0 bridgehead atoms. The van der Waals surface area contributed by atoms with Crippen molar-refractivity contribution in [1.82, 2.24) is 4.90 Å². The standard InChI is InChI=1S/C14H21NO.C2H6/c1-12(2)15-10-8-14(9-11-15)16-13-6-4-3-5-7-13;1-2/h3-7,12,14H,8-11H2,1-2H3;1-2H3. The van der Waals surface area contributed by atoms with Crippen LogP contribution in [0.4, 0.5) is 0 Å². The lowest BCUT2D eigenvalue weighted by Crippen LogP contribution is -2.41. The molecule has 2 heteroatoms. The molecule has 0 spiro atoms. The Bertz CT molecular complexity index is 302. The van der Waals surface area contributed by atoms with Crippen LogP contribution in [-0.4, -0.2) is 30.1 Å². The number of hydrogen-bond donors (Lipinski definition) is 0. The van der Waals surface area contributed by atoms with Crippen LogP contribution >= 0.6 is 0 Å². The second kappa shape index (κ2) is 8.15. The lowest BCUT2D eigenvalue weighted by molar-refractivity contribution is 0.0843. The van der Waals surface area contributed by atoms with Crippen molar-refractivity contribution in [3.8, 4) is 5.75 Å². The van der Waals surface area contributed by atoms with Gasteiger partial charge in [-0.05, 0) is 38.8 Å². The summed E-state index contributed by atoms with van der Waals surface area (Å²) in [4.78, 5) is 2.52. The maximum atomic E-state index is 5.96. The summed E-state index contributed by atoms with van der Waals surface area (Å²) in [7, 11) is 0. The highest BCUT2D eigenvalue weighted by Crippen LogP contribution is 2.19. The Morgan fingerprint density at radius 3 is 2.11 bits per heavy atom. The molecular formula is C16H27NO. The monoisotopic (exact) mass is 249 g/mol. The van der Waals surface area contributed by atoms with Gasteiger partial charge < -0.3 is 9.64 Å². The Balaban J connectivity index is 0.000000771. The minimum absolute atomic E-state index is 0.400. The molecule has 1 aromatic rings. The molecule has 0 saturated carbocycles. The van der Waals surface area contributed by atoms with Crippen molar-refractivity contribution in [2.75, 3.05) is 13.1 Å². The van der Waals surface area contributed by atoms with Gasteiger partial charge in [0.25, 0.3) is 0 Å². The predicted molar refractivity (Wildman–Crippen MR) is 78.1 cm³/mol. The van der Waals surface area contributed by atoms with E-state index in [2.05, 4.69) is 18.7 Å². The van der Waals surface area contributed by atoms with Gasteiger partial charge in [-0.3, -0.25) is 0 Å². The number of nitrogens with zero attached hydrogens (tertiary/aromatic N) is 1. The molecular weight excluding hydrogens is 222 g/mol. The molecule has 1 saturated heterocycles. The van der Waals surface area contributed by atoms with Crippen molar-refractivity contribution in [3.63, 3.8) is 0 Å². The van der Waals surface area contributed by atoms with Crippen LogP contribution in [0.1, 0.15) is 40.5 Å². The van der Waals surface area contributed by atoms with Crippen LogP contribution < -0.4 is 4.74 Å². The van der Waals surface area contributed by atoms with E-state index >= 15 is 0 Å². The molecule has 1 aromatic carbocycles. The number of hydrogen-bond acceptors (Lipinski definition) is 2. The topological polar surface area (TPSA) is 12.5 Å². The van der Waals surface area contributed by atoms with E-state index in [1.165, 1.54) is 0 Å². The largest absolute Gasteiger partial charge is 0.490 e. The van der Waals surface area contributed by atoms with Gasteiger partial charge in [0.1, 0.15) is 11.9 Å². The second-order valence-electron chi connectivity index (χ2n) is 4.76. The van der Waals surface area contributed by atoms with Crippen LogP contribution in [0.2, 0.25) is 0 Å². The molecule has 0 atom stereocenters. The summed E-state index contributed by atoms with van der Waals surface area (Å²) in [5.41, 5.74) is 0. The molecule has 0 amide bonds. The molecule has 0 aromatic heterocycles. The summed E-state index contributed by atoms with van der Waals surface area (Å²) >= 11 is 0. The number of benzene rings is 1. The molecule has 1 heterocycles. The number of ether oxygens (including phenoxy) is 1. The molecule has 1 aliphatic heterocycles. The molecule has 0 aliphatic carbocycles. The summed E-state index contributed by atoms with van der Waals surface area (Å²) in [5, 5.41) is 0. The SMILES string of the molecule is CC.CC(C)N1CCC(Oc2ccccc2)CC1. The zero-order valence-corrected chi connectivity index (χ0v) is 12.2. The summed E-state index contributed by atoms with van der Waals surface area (Å²) in [5.74, 6) is 1.01. The van der Waals surface area contributed by atoms with E-state index in [0.717, 1.165) is 31.7 Å². The lowest BCUT2D eigenvalue weighted by atomic mass is 10.1. The zero-order valence-electron chi connectivity index (χ0n) is 12.2. The molecule has 1 aliphatic rings. The molecule has 0 radical (unpaired) electrons. The molecule has 0 N–H and O–H groups in total. The first kappa shape index (κ1) is 15.0. The van der Waals surface area contributed by atoms with E-state index in [1.807, 2.05) is 44.2 Å². The van der Waals surface area contributed by atoms with Crippen molar-refractivity contribution in [3.05, 3.63) is 30.3 Å². The lowest BCUT2D eigenvalue weighted by Gasteiger charge is -2.34. The molecule has 2 rings (SSSR count). The van der Waals surface area contributed by atoms with Crippen molar-refractivity contribution in [2.45, 2.75) is 52.7 Å². The van der Waals surface area contributed by atoms with Gasteiger partial charge in [-0.1, -0.05) is 32.0 Å². The molecule has 2 nitrogen and oxygen atoms in total. The van der Waals surface area contributed by atoms with Crippen molar-refractivity contribution >= 4 is 0 Å². The number of likely N-dealkylation sites (tertiary alicyclic amines) is 1. The van der Waals surface area contributed by atoms with Gasteiger partial charge in [0, 0.05) is 19.1 Å². The maximum absolute atomic E-state index is 5.96. The predicted octanol–water partition coefficient (Wildman–Crippen LogP) is 3.96. The van der Waals surface area contributed by atoms with Crippen LogP contribution in [-0.2, 0) is 0 Å². The maximum Gasteiger partial charge on any atom is 0.119 e. The van der Waals surface area contributed by atoms with Crippen molar-refractivity contribution < 1.29 is 4.74 Å². The average Bonchev–Trinajstić information content (AvgIpc) is 2.43. The fourth-order valence-electron chi connectivity index (χ4n) is 2.20. The van der Waals surface area contributed by atoms with Gasteiger partial charge in [-0.25, -0.2) is 0 Å². The first-order valence-corrected chi connectivity index (χ1v) is 7.21. The van der Waals surface area contributed by atoms with Gasteiger partial charge in [0.15, 0.2) is 0 Å². The minimum Gasteiger partial charge on any atom is -0.490 e. The van der Waals surface area contributed by atoms with E-state index < -0.39 is 0 Å². The third kappa shape index (κ3) is 4.69. The Hall–Kier alpha value is -1.02. The van der Waals surface area contributed by atoms with Gasteiger partial charge >= 0.3 is 0 Å². The van der Waals surface area contributed by atoms with Gasteiger partial charge in [-0.2, -0.15) is 0 Å². The van der Waals surface area contributed by atoms with Crippen LogP contribution in [0.5, 0.6) is 5.75 Å². The van der Waals surface area contributed by atoms with Gasteiger partial charge in [-0.15, -0.1) is 0 Å². The minimum atomic E-state index is 0.400. The smallest absolute Gasteiger partial charge is 0.119 e. The first-order chi connectivity index (χ1) is 8.75. The first-order valence-electron chi connectivity index (χ1n) is 7.21. The Labute approximate surface area is 112 Å². The number of rotatable bonds is 3. The summed E-state index contributed by atoms with van der Waals surface area (Å²) in [6.45, 7) is 10.8. The quantitative estimate of drug-likeness (QED) is 0.804. The van der Waals surface area contributed by atoms with Crippen LogP contribution in [0.25, 0.3) is 0 Å². The van der Waals surface area contributed by atoms with E-state index in [0.29, 0.717) is 12.1 Å². The Kier molecular flexibility index (Phi) is 6.81. The summed E-state index contributed by atoms with van der Waals surface area (Å²) in [6, 6.07) is 10.8. The Morgan fingerprint density at radius 1 is 1.06 bits per heavy atom. The molecule has 0 unspecified atom stereocenters. The van der Waals surface area contributed by atoms with Crippen LogP contribution in [0.3, 0.4) is 0 Å². The fraction of sp³-hybridized carbons (Fsp3) is 0.625. The van der Waals surface area contributed by atoms with Crippen LogP contribution in [0, 0.1) is 0 Å². The highest BCUT2D eigenvalue weighted by molar-refractivity contribution is 5.21. The second-order valence-corrected chi connectivity index (χ2v) is 4.76. The molecule has 1 fully saturated rings. The van der Waals surface area contributed by atoms with E-state index in [-0.39, 0.29) is 0 Å². The molecule has 102 valence electrons. The number of piperidine rings is 1.